The van der Waals surface area contributed by atoms with Gasteiger partial charge in [0.05, 0.1) is 37.0 Å². The van der Waals surface area contributed by atoms with Crippen molar-refractivity contribution in [2.45, 2.75) is 26.5 Å². The number of fused-ring (bicyclic) bond motifs is 1. The first-order valence-electron chi connectivity index (χ1n) is 9.87. The van der Waals surface area contributed by atoms with Gasteiger partial charge >= 0.3 is 5.97 Å². The number of nitrogens with zero attached hydrogens (tertiary/aromatic N) is 2. The smallest absolute Gasteiger partial charge is 0.338 e. The fourth-order valence-corrected chi connectivity index (χ4v) is 4.19. The second-order valence-electron chi connectivity index (χ2n) is 7.39. The van der Waals surface area contributed by atoms with E-state index in [1.165, 1.54) is 11.3 Å². The zero-order valence-corrected chi connectivity index (χ0v) is 18.3. The first-order chi connectivity index (χ1) is 15.0. The summed E-state index contributed by atoms with van der Waals surface area (Å²) in [4.78, 5) is 30.4. The Morgan fingerprint density at radius 1 is 1.10 bits per heavy atom. The van der Waals surface area contributed by atoms with Gasteiger partial charge in [-0.3, -0.25) is 9.36 Å². The van der Waals surface area contributed by atoms with Crippen molar-refractivity contribution < 1.29 is 14.3 Å². The van der Waals surface area contributed by atoms with Crippen LogP contribution in [0.1, 0.15) is 29.8 Å². The molecule has 4 aromatic rings. The molecule has 0 fully saturated rings. The van der Waals surface area contributed by atoms with Gasteiger partial charge in [-0.25, -0.2) is 9.78 Å². The summed E-state index contributed by atoms with van der Waals surface area (Å²) in [7, 11) is 1.62. The van der Waals surface area contributed by atoms with Gasteiger partial charge in [0.2, 0.25) is 0 Å². The van der Waals surface area contributed by atoms with E-state index in [0.717, 1.165) is 22.4 Å². The minimum absolute atomic E-state index is 0.0969. The van der Waals surface area contributed by atoms with Crippen LogP contribution in [0.3, 0.4) is 0 Å². The number of methoxy groups -OCH3 is 1. The van der Waals surface area contributed by atoms with E-state index in [1.807, 2.05) is 55.6 Å². The standard InChI is InChI=1S/C24H22N2O4S/c1-15(2)30-24(28)18-6-4-16(5-7-18)12-26-14-25-22-21(23(26)27)20(13-31-22)17-8-10-19(29-3)11-9-17/h4-11,13-15H,12H2,1-3H3. The minimum atomic E-state index is -0.357. The molecule has 0 aliphatic heterocycles. The Kier molecular flexibility index (Phi) is 5.86. The number of thiophene rings is 1. The van der Waals surface area contributed by atoms with Crippen LogP contribution in [0.4, 0.5) is 0 Å². The predicted octanol–water partition coefficient (Wildman–Crippen LogP) is 4.75. The van der Waals surface area contributed by atoms with Crippen LogP contribution in [0.5, 0.6) is 5.75 Å². The van der Waals surface area contributed by atoms with Gasteiger partial charge in [0, 0.05) is 10.9 Å². The highest BCUT2D eigenvalue weighted by Crippen LogP contribution is 2.31. The van der Waals surface area contributed by atoms with Crippen LogP contribution in [-0.4, -0.2) is 28.7 Å². The highest BCUT2D eigenvalue weighted by atomic mass is 32.1. The number of carbonyl (C=O) groups is 1. The van der Waals surface area contributed by atoms with Crippen molar-refractivity contribution in [3.63, 3.8) is 0 Å². The molecule has 0 aliphatic rings. The maximum Gasteiger partial charge on any atom is 0.338 e. The third kappa shape index (κ3) is 4.36. The molecule has 0 radical (unpaired) electrons. The van der Waals surface area contributed by atoms with Crippen LogP contribution in [0.25, 0.3) is 21.3 Å². The van der Waals surface area contributed by atoms with E-state index < -0.39 is 0 Å². The van der Waals surface area contributed by atoms with Crippen LogP contribution < -0.4 is 10.3 Å². The van der Waals surface area contributed by atoms with E-state index in [0.29, 0.717) is 22.3 Å². The molecule has 2 aromatic heterocycles. The summed E-state index contributed by atoms with van der Waals surface area (Å²) >= 11 is 1.45. The molecular weight excluding hydrogens is 412 g/mol. The van der Waals surface area contributed by atoms with Crippen molar-refractivity contribution in [3.8, 4) is 16.9 Å². The van der Waals surface area contributed by atoms with Gasteiger partial charge in [0.25, 0.3) is 5.56 Å². The van der Waals surface area contributed by atoms with E-state index in [-0.39, 0.29) is 17.6 Å². The molecule has 0 N–H and O–H groups in total. The molecule has 2 aromatic carbocycles. The molecule has 31 heavy (non-hydrogen) atoms. The number of hydrogen-bond donors (Lipinski definition) is 0. The quantitative estimate of drug-likeness (QED) is 0.410. The van der Waals surface area contributed by atoms with Crippen molar-refractivity contribution >= 4 is 27.5 Å². The van der Waals surface area contributed by atoms with Gasteiger partial charge in [-0.15, -0.1) is 11.3 Å². The van der Waals surface area contributed by atoms with E-state index in [4.69, 9.17) is 9.47 Å². The second-order valence-corrected chi connectivity index (χ2v) is 8.24. The van der Waals surface area contributed by atoms with E-state index in [9.17, 15) is 9.59 Å². The molecule has 0 amide bonds. The van der Waals surface area contributed by atoms with Crippen LogP contribution in [0.2, 0.25) is 0 Å². The summed E-state index contributed by atoms with van der Waals surface area (Å²) in [5.74, 6) is 0.406. The molecule has 0 bridgehead atoms. The highest BCUT2D eigenvalue weighted by Gasteiger charge is 2.14. The van der Waals surface area contributed by atoms with Gasteiger partial charge in [0.1, 0.15) is 10.6 Å². The summed E-state index contributed by atoms with van der Waals surface area (Å²) in [5, 5.41) is 2.56. The Morgan fingerprint density at radius 2 is 1.81 bits per heavy atom. The third-order valence-corrected chi connectivity index (χ3v) is 5.73. The summed E-state index contributed by atoms with van der Waals surface area (Å²) in [6.45, 7) is 3.98. The lowest BCUT2D eigenvalue weighted by Gasteiger charge is -2.09. The van der Waals surface area contributed by atoms with E-state index in [1.54, 1.807) is 30.1 Å². The van der Waals surface area contributed by atoms with Gasteiger partial charge in [-0.2, -0.15) is 0 Å². The monoisotopic (exact) mass is 434 g/mol. The van der Waals surface area contributed by atoms with Crippen molar-refractivity contribution in [3.05, 3.63) is 81.7 Å². The Labute approximate surface area is 183 Å². The third-order valence-electron chi connectivity index (χ3n) is 4.85. The van der Waals surface area contributed by atoms with Crippen molar-refractivity contribution in [2.24, 2.45) is 0 Å². The summed E-state index contributed by atoms with van der Waals surface area (Å²) in [6.07, 6.45) is 1.40. The molecule has 7 heteroatoms. The number of hydrogen-bond acceptors (Lipinski definition) is 6. The second kappa shape index (κ2) is 8.73. The molecule has 0 saturated carbocycles. The van der Waals surface area contributed by atoms with Crippen molar-refractivity contribution in [2.75, 3.05) is 7.11 Å². The van der Waals surface area contributed by atoms with Gasteiger partial charge in [-0.05, 0) is 49.2 Å². The number of aromatic nitrogens is 2. The molecule has 0 spiro atoms. The zero-order valence-electron chi connectivity index (χ0n) is 17.5. The SMILES string of the molecule is COc1ccc(-c2csc3ncn(Cc4ccc(C(=O)OC(C)C)cc4)c(=O)c23)cc1. The maximum atomic E-state index is 13.2. The fourth-order valence-electron chi connectivity index (χ4n) is 3.29. The first kappa shape index (κ1) is 20.8. The maximum absolute atomic E-state index is 13.2. The van der Waals surface area contributed by atoms with E-state index >= 15 is 0 Å². The van der Waals surface area contributed by atoms with Gasteiger partial charge < -0.3 is 9.47 Å². The largest absolute Gasteiger partial charge is 0.497 e. The minimum Gasteiger partial charge on any atom is -0.497 e. The number of esters is 1. The summed E-state index contributed by atoms with van der Waals surface area (Å²) in [5.41, 5.74) is 3.09. The van der Waals surface area contributed by atoms with Crippen LogP contribution in [0, 0.1) is 0 Å². The van der Waals surface area contributed by atoms with Crippen LogP contribution >= 0.6 is 11.3 Å². The molecule has 2 heterocycles. The molecule has 0 aliphatic carbocycles. The number of rotatable bonds is 6. The number of ether oxygens (including phenoxy) is 2. The van der Waals surface area contributed by atoms with Crippen molar-refractivity contribution in [1.29, 1.82) is 0 Å². The fraction of sp³-hybridized carbons (Fsp3) is 0.208. The topological polar surface area (TPSA) is 70.4 Å². The van der Waals surface area contributed by atoms with Gasteiger partial charge in [-0.1, -0.05) is 24.3 Å². The molecule has 4 rings (SSSR count). The Morgan fingerprint density at radius 3 is 2.45 bits per heavy atom. The van der Waals surface area contributed by atoms with Crippen LogP contribution in [-0.2, 0) is 11.3 Å². The highest BCUT2D eigenvalue weighted by molar-refractivity contribution is 7.17. The molecule has 6 nitrogen and oxygen atoms in total. The molecule has 0 saturated heterocycles. The van der Waals surface area contributed by atoms with Gasteiger partial charge in [0.15, 0.2) is 0 Å². The lowest BCUT2D eigenvalue weighted by molar-refractivity contribution is 0.0378. The molecule has 0 unspecified atom stereocenters. The summed E-state index contributed by atoms with van der Waals surface area (Å²) in [6, 6.07) is 14.7. The lowest BCUT2D eigenvalue weighted by Crippen LogP contribution is -2.21. The number of carbonyl (C=O) groups excluding carboxylic acids is 1. The average molecular weight is 435 g/mol. The number of benzene rings is 2. The molecule has 158 valence electrons. The normalized spacial score (nSPS) is 11.1. The van der Waals surface area contributed by atoms with Crippen molar-refractivity contribution in [1.82, 2.24) is 9.55 Å². The average Bonchev–Trinajstić information content (AvgIpc) is 3.21. The Bertz CT molecular complexity index is 1270. The Balaban J connectivity index is 1.64. The Hall–Kier alpha value is -3.45. The van der Waals surface area contributed by atoms with E-state index in [2.05, 4.69) is 4.98 Å². The first-order valence-corrected chi connectivity index (χ1v) is 10.7. The predicted molar refractivity (Wildman–Crippen MR) is 122 cm³/mol. The zero-order chi connectivity index (χ0) is 22.0. The molecule has 0 atom stereocenters. The lowest BCUT2D eigenvalue weighted by atomic mass is 10.1. The summed E-state index contributed by atoms with van der Waals surface area (Å²) < 4.78 is 12.0. The molecular formula is C24H22N2O4S. The van der Waals surface area contributed by atoms with Crippen LogP contribution in [0.15, 0.2) is 65.0 Å².